The molecule has 0 bridgehead atoms. The second-order valence-corrected chi connectivity index (χ2v) is 7.02. The van der Waals surface area contributed by atoms with Crippen molar-refractivity contribution < 1.29 is 19.4 Å². The third kappa shape index (κ3) is 4.55. The Morgan fingerprint density at radius 2 is 2.04 bits per heavy atom. The fourth-order valence-corrected chi connectivity index (χ4v) is 3.72. The topological polar surface area (TPSA) is 62.2 Å². The average Bonchev–Trinajstić information content (AvgIpc) is 2.76. The van der Waals surface area contributed by atoms with E-state index in [-0.39, 0.29) is 5.91 Å². The largest absolute Gasteiger partial charge is 0.388 e. The highest BCUT2D eigenvalue weighted by molar-refractivity contribution is 5.95. The number of ether oxygens (including phenoxy) is 2. The molecule has 0 spiro atoms. The van der Waals surface area contributed by atoms with Crippen LogP contribution in [-0.2, 0) is 9.47 Å². The number of carbonyl (C=O) groups is 1. The third-order valence-electron chi connectivity index (χ3n) is 5.24. The molecule has 2 aliphatic heterocycles. The molecule has 6 heteroatoms. The minimum atomic E-state index is -0.536. The molecule has 6 nitrogen and oxygen atoms in total. The van der Waals surface area contributed by atoms with Crippen LogP contribution in [0.25, 0.3) is 0 Å². The SMILES string of the molecule is COCCN1CCCCCC(O)c2cc(C(=O)N3CCOCC3)ccc21. The van der Waals surface area contributed by atoms with Gasteiger partial charge in [-0.25, -0.2) is 0 Å². The van der Waals surface area contributed by atoms with E-state index in [1.807, 2.05) is 23.1 Å². The predicted molar refractivity (Wildman–Crippen MR) is 101 cm³/mol. The second-order valence-electron chi connectivity index (χ2n) is 7.02. The molecule has 26 heavy (non-hydrogen) atoms. The monoisotopic (exact) mass is 362 g/mol. The lowest BCUT2D eigenvalue weighted by molar-refractivity contribution is 0.0302. The lowest BCUT2D eigenvalue weighted by Gasteiger charge is -2.29. The molecule has 0 radical (unpaired) electrons. The van der Waals surface area contributed by atoms with Gasteiger partial charge in [-0.3, -0.25) is 4.79 Å². The Balaban J connectivity index is 1.88. The molecule has 0 saturated carbocycles. The van der Waals surface area contributed by atoms with Crippen LogP contribution in [0.5, 0.6) is 0 Å². The predicted octanol–water partition coefficient (Wildman–Crippen LogP) is 2.22. The fraction of sp³-hybridized carbons (Fsp3) is 0.650. The molecule has 1 aromatic carbocycles. The van der Waals surface area contributed by atoms with Crippen LogP contribution in [0.1, 0.15) is 47.7 Å². The summed E-state index contributed by atoms with van der Waals surface area (Å²) < 4.78 is 10.6. The van der Waals surface area contributed by atoms with Gasteiger partial charge in [0.25, 0.3) is 5.91 Å². The molecule has 1 saturated heterocycles. The maximum Gasteiger partial charge on any atom is 0.254 e. The van der Waals surface area contributed by atoms with Crippen LogP contribution in [0.15, 0.2) is 18.2 Å². The molecule has 2 aliphatic rings. The highest BCUT2D eigenvalue weighted by atomic mass is 16.5. The van der Waals surface area contributed by atoms with Gasteiger partial charge < -0.3 is 24.4 Å². The molecule has 1 atom stereocenters. The first-order valence-electron chi connectivity index (χ1n) is 9.63. The highest BCUT2D eigenvalue weighted by Crippen LogP contribution is 2.33. The number of anilines is 1. The summed E-state index contributed by atoms with van der Waals surface area (Å²) in [6, 6.07) is 5.77. The first-order chi connectivity index (χ1) is 12.7. The Labute approximate surface area is 155 Å². The molecule has 1 amide bonds. The van der Waals surface area contributed by atoms with Gasteiger partial charge in [-0.05, 0) is 31.0 Å². The molecule has 2 heterocycles. The molecular formula is C20H30N2O4. The average molecular weight is 362 g/mol. The molecule has 0 aliphatic carbocycles. The number of fused-ring (bicyclic) bond motifs is 1. The van der Waals surface area contributed by atoms with Gasteiger partial charge in [-0.1, -0.05) is 12.8 Å². The Bertz CT molecular complexity index is 601. The number of amides is 1. The number of methoxy groups -OCH3 is 1. The van der Waals surface area contributed by atoms with E-state index in [4.69, 9.17) is 9.47 Å². The molecule has 1 N–H and O–H groups in total. The van der Waals surface area contributed by atoms with Gasteiger partial charge in [0.1, 0.15) is 0 Å². The van der Waals surface area contributed by atoms with Crippen LogP contribution in [0.2, 0.25) is 0 Å². The van der Waals surface area contributed by atoms with Crippen LogP contribution in [0.3, 0.4) is 0 Å². The van der Waals surface area contributed by atoms with E-state index in [0.29, 0.717) is 38.5 Å². The highest BCUT2D eigenvalue weighted by Gasteiger charge is 2.23. The van der Waals surface area contributed by atoms with E-state index in [2.05, 4.69) is 4.90 Å². The Kier molecular flexibility index (Phi) is 6.88. The van der Waals surface area contributed by atoms with Gasteiger partial charge in [0, 0.05) is 50.1 Å². The van der Waals surface area contributed by atoms with E-state index in [0.717, 1.165) is 50.0 Å². The zero-order chi connectivity index (χ0) is 18.4. The Morgan fingerprint density at radius 3 is 2.81 bits per heavy atom. The summed E-state index contributed by atoms with van der Waals surface area (Å²) in [5, 5.41) is 10.7. The molecule has 0 aromatic heterocycles. The van der Waals surface area contributed by atoms with E-state index in [9.17, 15) is 9.90 Å². The van der Waals surface area contributed by atoms with Gasteiger partial charge in [0.2, 0.25) is 0 Å². The second kappa shape index (κ2) is 9.35. The zero-order valence-electron chi connectivity index (χ0n) is 15.7. The molecule has 1 aromatic rings. The van der Waals surface area contributed by atoms with Crippen LogP contribution >= 0.6 is 0 Å². The molecular weight excluding hydrogens is 332 g/mol. The third-order valence-corrected chi connectivity index (χ3v) is 5.24. The molecule has 3 rings (SSSR count). The number of morpholine rings is 1. The van der Waals surface area contributed by atoms with Gasteiger partial charge in [0.15, 0.2) is 0 Å². The molecule has 1 unspecified atom stereocenters. The van der Waals surface area contributed by atoms with Gasteiger partial charge in [-0.15, -0.1) is 0 Å². The standard InChI is InChI=1S/C20H30N2O4/c1-25-12-9-21-8-4-2-3-5-19(23)17-15-16(6-7-18(17)21)20(24)22-10-13-26-14-11-22/h6-7,15,19,23H,2-5,8-14H2,1H3. The maximum absolute atomic E-state index is 12.8. The first kappa shape index (κ1) is 19.1. The Hall–Kier alpha value is -1.63. The number of hydrogen-bond donors (Lipinski definition) is 1. The molecule has 144 valence electrons. The summed E-state index contributed by atoms with van der Waals surface area (Å²) in [5.74, 6) is 0.0200. The van der Waals surface area contributed by atoms with Crippen molar-refractivity contribution >= 4 is 11.6 Å². The molecule has 1 fully saturated rings. The smallest absolute Gasteiger partial charge is 0.254 e. The summed E-state index contributed by atoms with van der Waals surface area (Å²) in [5.41, 5.74) is 2.53. The lowest BCUT2D eigenvalue weighted by atomic mass is 9.99. The van der Waals surface area contributed by atoms with E-state index >= 15 is 0 Å². The number of aliphatic hydroxyl groups excluding tert-OH is 1. The number of benzene rings is 1. The lowest BCUT2D eigenvalue weighted by Crippen LogP contribution is -2.40. The van der Waals surface area contributed by atoms with Gasteiger partial charge in [0.05, 0.1) is 25.9 Å². The summed E-state index contributed by atoms with van der Waals surface area (Å²) in [7, 11) is 1.70. The van der Waals surface area contributed by atoms with E-state index in [1.165, 1.54) is 0 Å². The van der Waals surface area contributed by atoms with Crippen molar-refractivity contribution in [2.45, 2.75) is 31.8 Å². The fourth-order valence-electron chi connectivity index (χ4n) is 3.72. The van der Waals surface area contributed by atoms with Crippen LogP contribution < -0.4 is 4.90 Å². The van der Waals surface area contributed by atoms with Crippen molar-refractivity contribution in [2.24, 2.45) is 0 Å². The number of carbonyl (C=O) groups excluding carboxylic acids is 1. The van der Waals surface area contributed by atoms with Crippen molar-refractivity contribution in [1.29, 1.82) is 0 Å². The van der Waals surface area contributed by atoms with Crippen molar-refractivity contribution in [3.63, 3.8) is 0 Å². The maximum atomic E-state index is 12.8. The number of rotatable bonds is 4. The van der Waals surface area contributed by atoms with Crippen molar-refractivity contribution in [3.8, 4) is 0 Å². The Morgan fingerprint density at radius 1 is 1.23 bits per heavy atom. The normalized spacial score (nSPS) is 21.5. The zero-order valence-corrected chi connectivity index (χ0v) is 15.7. The summed E-state index contributed by atoms with van der Waals surface area (Å²) >= 11 is 0. The number of hydrogen-bond acceptors (Lipinski definition) is 5. The van der Waals surface area contributed by atoms with Crippen LogP contribution in [0, 0.1) is 0 Å². The minimum absolute atomic E-state index is 0.0200. The van der Waals surface area contributed by atoms with Crippen molar-refractivity contribution in [1.82, 2.24) is 4.90 Å². The quantitative estimate of drug-likeness (QED) is 0.890. The first-order valence-corrected chi connectivity index (χ1v) is 9.63. The summed E-state index contributed by atoms with van der Waals surface area (Å²) in [4.78, 5) is 16.9. The van der Waals surface area contributed by atoms with Crippen molar-refractivity contribution in [3.05, 3.63) is 29.3 Å². The van der Waals surface area contributed by atoms with Crippen LogP contribution in [-0.4, -0.2) is 69.0 Å². The van der Waals surface area contributed by atoms with E-state index in [1.54, 1.807) is 7.11 Å². The number of nitrogens with zero attached hydrogens (tertiary/aromatic N) is 2. The number of aliphatic hydroxyl groups is 1. The van der Waals surface area contributed by atoms with Gasteiger partial charge >= 0.3 is 0 Å². The van der Waals surface area contributed by atoms with Gasteiger partial charge in [-0.2, -0.15) is 0 Å². The summed E-state index contributed by atoms with van der Waals surface area (Å²) in [6.45, 7) is 4.79. The summed E-state index contributed by atoms with van der Waals surface area (Å²) in [6.07, 6.45) is 3.41. The van der Waals surface area contributed by atoms with Crippen molar-refractivity contribution in [2.75, 3.05) is 58.0 Å². The van der Waals surface area contributed by atoms with E-state index < -0.39 is 6.10 Å². The minimum Gasteiger partial charge on any atom is -0.388 e. The van der Waals surface area contributed by atoms with Crippen LogP contribution in [0.4, 0.5) is 5.69 Å².